The minimum absolute atomic E-state index is 0.136. The fourth-order valence-corrected chi connectivity index (χ4v) is 2.75. The summed E-state index contributed by atoms with van der Waals surface area (Å²) in [7, 11) is 1.83. The van der Waals surface area contributed by atoms with E-state index in [1.165, 1.54) is 12.1 Å². The zero-order valence-electron chi connectivity index (χ0n) is 12.2. The van der Waals surface area contributed by atoms with Gasteiger partial charge in [-0.25, -0.2) is 4.39 Å². The number of likely N-dealkylation sites (N-methyl/N-ethyl adjacent to an activating group) is 1. The van der Waals surface area contributed by atoms with Gasteiger partial charge in [0.15, 0.2) is 0 Å². The Hall–Kier alpha value is -1.93. The van der Waals surface area contributed by atoms with Gasteiger partial charge in [0, 0.05) is 6.54 Å². The standard InChI is InChI=1S/C16H20FN3O/c1-20(10-13-4-6-14(17)7-5-13)11-15(21)19-16(12-18)8-2-3-9-16/h4-7H,2-3,8-11H2,1H3,(H,19,21). The number of halogens is 1. The molecule has 0 saturated heterocycles. The Bertz CT molecular complexity index is 529. The lowest BCUT2D eigenvalue weighted by Crippen LogP contribution is -2.48. The number of nitrogens with zero attached hydrogens (tertiary/aromatic N) is 2. The molecule has 21 heavy (non-hydrogen) atoms. The summed E-state index contributed by atoms with van der Waals surface area (Å²) in [6, 6.07) is 8.48. The van der Waals surface area contributed by atoms with Gasteiger partial charge in [0.25, 0.3) is 0 Å². The zero-order valence-corrected chi connectivity index (χ0v) is 12.2. The van der Waals surface area contributed by atoms with Crippen molar-refractivity contribution in [1.82, 2.24) is 10.2 Å². The lowest BCUT2D eigenvalue weighted by atomic mass is 10.00. The first-order valence-corrected chi connectivity index (χ1v) is 7.18. The summed E-state index contributed by atoms with van der Waals surface area (Å²) in [5.41, 5.74) is 0.274. The second-order valence-electron chi connectivity index (χ2n) is 5.75. The van der Waals surface area contributed by atoms with Crippen molar-refractivity contribution in [2.75, 3.05) is 13.6 Å². The fraction of sp³-hybridized carbons (Fsp3) is 0.500. The molecule has 0 spiro atoms. The Kier molecular flexibility index (Phi) is 4.92. The van der Waals surface area contributed by atoms with Crippen LogP contribution in [0.3, 0.4) is 0 Å². The van der Waals surface area contributed by atoms with E-state index in [-0.39, 0.29) is 18.3 Å². The molecule has 1 amide bonds. The molecular formula is C16H20FN3O. The molecule has 0 heterocycles. The van der Waals surface area contributed by atoms with Crippen LogP contribution in [0.1, 0.15) is 31.2 Å². The molecule has 0 unspecified atom stereocenters. The SMILES string of the molecule is CN(CC(=O)NC1(C#N)CCCC1)Cc1ccc(F)cc1. The highest BCUT2D eigenvalue weighted by Crippen LogP contribution is 2.28. The van der Waals surface area contributed by atoms with Crippen molar-refractivity contribution in [3.8, 4) is 6.07 Å². The van der Waals surface area contributed by atoms with Crippen LogP contribution in [-0.2, 0) is 11.3 Å². The first-order chi connectivity index (χ1) is 10.0. The minimum Gasteiger partial charge on any atom is -0.337 e. The second kappa shape index (κ2) is 6.68. The number of nitriles is 1. The van der Waals surface area contributed by atoms with Crippen molar-refractivity contribution in [2.45, 2.75) is 37.8 Å². The van der Waals surface area contributed by atoms with Gasteiger partial charge in [-0.3, -0.25) is 9.69 Å². The number of nitrogens with one attached hydrogen (secondary N) is 1. The molecule has 0 bridgehead atoms. The van der Waals surface area contributed by atoms with Crippen molar-refractivity contribution in [2.24, 2.45) is 0 Å². The van der Waals surface area contributed by atoms with Gasteiger partial charge in [-0.15, -0.1) is 0 Å². The maximum atomic E-state index is 12.8. The van der Waals surface area contributed by atoms with E-state index in [1.807, 2.05) is 11.9 Å². The molecule has 0 aromatic heterocycles. The monoisotopic (exact) mass is 289 g/mol. The van der Waals surface area contributed by atoms with E-state index in [4.69, 9.17) is 0 Å². The van der Waals surface area contributed by atoms with Crippen molar-refractivity contribution >= 4 is 5.91 Å². The molecule has 112 valence electrons. The average Bonchev–Trinajstić information content (AvgIpc) is 2.90. The zero-order chi connectivity index (χ0) is 15.3. The molecule has 2 rings (SSSR count). The Balaban J connectivity index is 1.84. The van der Waals surface area contributed by atoms with Crippen LogP contribution in [0.5, 0.6) is 0 Å². The Labute approximate surface area is 124 Å². The first-order valence-electron chi connectivity index (χ1n) is 7.18. The van der Waals surface area contributed by atoms with Crippen LogP contribution in [0.2, 0.25) is 0 Å². The molecule has 0 atom stereocenters. The van der Waals surface area contributed by atoms with Gasteiger partial charge in [-0.2, -0.15) is 5.26 Å². The van der Waals surface area contributed by atoms with Crippen LogP contribution in [0.25, 0.3) is 0 Å². The van der Waals surface area contributed by atoms with E-state index < -0.39 is 5.54 Å². The van der Waals surface area contributed by atoms with E-state index in [1.54, 1.807) is 12.1 Å². The number of carbonyl (C=O) groups excluding carboxylic acids is 1. The molecule has 5 heteroatoms. The van der Waals surface area contributed by atoms with Crippen molar-refractivity contribution < 1.29 is 9.18 Å². The Morgan fingerprint density at radius 3 is 2.57 bits per heavy atom. The molecule has 1 aromatic carbocycles. The van der Waals surface area contributed by atoms with Gasteiger partial charge in [-0.1, -0.05) is 12.1 Å². The highest BCUT2D eigenvalue weighted by atomic mass is 19.1. The van der Waals surface area contributed by atoms with Crippen LogP contribution in [0.4, 0.5) is 4.39 Å². The maximum Gasteiger partial charge on any atom is 0.235 e. The van der Waals surface area contributed by atoms with Crippen molar-refractivity contribution in [3.63, 3.8) is 0 Å². The van der Waals surface area contributed by atoms with Gasteiger partial charge in [-0.05, 0) is 50.4 Å². The smallest absolute Gasteiger partial charge is 0.235 e. The number of amides is 1. The number of rotatable bonds is 5. The summed E-state index contributed by atoms with van der Waals surface area (Å²) < 4.78 is 12.8. The molecule has 1 aliphatic rings. The highest BCUT2D eigenvalue weighted by Gasteiger charge is 2.35. The summed E-state index contributed by atoms with van der Waals surface area (Å²) in [5, 5.41) is 12.1. The summed E-state index contributed by atoms with van der Waals surface area (Å²) in [5.74, 6) is -0.403. The molecule has 1 aromatic rings. The lowest BCUT2D eigenvalue weighted by molar-refractivity contribution is -0.123. The van der Waals surface area contributed by atoms with E-state index in [9.17, 15) is 14.4 Å². The topological polar surface area (TPSA) is 56.1 Å². The second-order valence-corrected chi connectivity index (χ2v) is 5.75. The molecule has 1 saturated carbocycles. The van der Waals surface area contributed by atoms with Crippen LogP contribution < -0.4 is 5.32 Å². The van der Waals surface area contributed by atoms with Gasteiger partial charge < -0.3 is 5.32 Å². The molecular weight excluding hydrogens is 269 g/mol. The number of hydrogen-bond donors (Lipinski definition) is 1. The Morgan fingerprint density at radius 2 is 2.00 bits per heavy atom. The van der Waals surface area contributed by atoms with Crippen LogP contribution >= 0.6 is 0 Å². The number of carbonyl (C=O) groups is 1. The average molecular weight is 289 g/mol. The quantitative estimate of drug-likeness (QED) is 0.904. The largest absolute Gasteiger partial charge is 0.337 e. The van der Waals surface area contributed by atoms with Crippen molar-refractivity contribution in [1.29, 1.82) is 5.26 Å². The van der Waals surface area contributed by atoms with Gasteiger partial charge >= 0.3 is 0 Å². The normalized spacial score (nSPS) is 16.7. The summed E-state index contributed by atoms with van der Waals surface area (Å²) in [6.45, 7) is 0.786. The minimum atomic E-state index is -0.673. The lowest BCUT2D eigenvalue weighted by Gasteiger charge is -2.24. The molecule has 0 aliphatic heterocycles. The predicted molar refractivity (Wildman–Crippen MR) is 77.7 cm³/mol. The van der Waals surface area contributed by atoms with Crippen LogP contribution in [0, 0.1) is 17.1 Å². The highest BCUT2D eigenvalue weighted by molar-refractivity contribution is 5.79. The predicted octanol–water partition coefficient (Wildman–Crippen LogP) is 2.21. The molecule has 1 fully saturated rings. The summed E-state index contributed by atoms with van der Waals surface area (Å²) in [6.07, 6.45) is 3.44. The third kappa shape index (κ3) is 4.27. The van der Waals surface area contributed by atoms with Gasteiger partial charge in [0.05, 0.1) is 12.6 Å². The molecule has 1 aliphatic carbocycles. The summed E-state index contributed by atoms with van der Waals surface area (Å²) in [4.78, 5) is 13.9. The van der Waals surface area contributed by atoms with Crippen LogP contribution in [-0.4, -0.2) is 29.9 Å². The number of hydrogen-bond acceptors (Lipinski definition) is 3. The van der Waals surface area contributed by atoms with E-state index >= 15 is 0 Å². The summed E-state index contributed by atoms with van der Waals surface area (Å²) >= 11 is 0. The third-order valence-corrected chi connectivity index (χ3v) is 3.83. The molecule has 1 N–H and O–H groups in total. The van der Waals surface area contributed by atoms with Gasteiger partial charge in [0.1, 0.15) is 11.4 Å². The molecule has 0 radical (unpaired) electrons. The third-order valence-electron chi connectivity index (χ3n) is 3.83. The van der Waals surface area contributed by atoms with Gasteiger partial charge in [0.2, 0.25) is 5.91 Å². The Morgan fingerprint density at radius 1 is 1.38 bits per heavy atom. The van der Waals surface area contributed by atoms with E-state index in [0.717, 1.165) is 31.2 Å². The first kappa shape index (κ1) is 15.5. The van der Waals surface area contributed by atoms with Crippen LogP contribution in [0.15, 0.2) is 24.3 Å². The fourth-order valence-electron chi connectivity index (χ4n) is 2.75. The van der Waals surface area contributed by atoms with E-state index in [2.05, 4.69) is 11.4 Å². The maximum absolute atomic E-state index is 12.8. The van der Waals surface area contributed by atoms with E-state index in [0.29, 0.717) is 6.54 Å². The van der Waals surface area contributed by atoms with Crippen molar-refractivity contribution in [3.05, 3.63) is 35.6 Å². The molecule has 4 nitrogen and oxygen atoms in total. The number of benzene rings is 1.